The predicted molar refractivity (Wildman–Crippen MR) is 108 cm³/mol. The lowest BCUT2D eigenvalue weighted by Gasteiger charge is -2.15. The highest BCUT2D eigenvalue weighted by Gasteiger charge is 2.22. The standard InChI is InChI=1S/C20H22N6OS/c1-13-9-16(28-24-13)10-18-22-17-7-8-26(14-11-21-25(2)12-14)19(17)20(23-18)27-15-5-3-4-6-15/h7-9,11-12,15H,3-6,10H2,1-2H3. The third-order valence-electron chi connectivity index (χ3n) is 5.11. The normalized spacial score (nSPS) is 14.9. The number of hydrogen-bond acceptors (Lipinski definition) is 6. The maximum atomic E-state index is 6.39. The largest absolute Gasteiger partial charge is 0.473 e. The van der Waals surface area contributed by atoms with E-state index < -0.39 is 0 Å². The SMILES string of the molecule is Cc1cc(Cc2nc(OC3CCCC3)c3c(ccn3-c3cnn(C)c3)n2)sn1. The van der Waals surface area contributed by atoms with Crippen molar-refractivity contribution >= 4 is 22.6 Å². The molecule has 4 aromatic heterocycles. The molecular formula is C20H22N6OS. The first kappa shape index (κ1) is 17.4. The first-order valence-electron chi connectivity index (χ1n) is 9.61. The van der Waals surface area contributed by atoms with Gasteiger partial charge in [0.25, 0.3) is 0 Å². The van der Waals surface area contributed by atoms with Crippen LogP contribution in [0, 0.1) is 6.92 Å². The van der Waals surface area contributed by atoms with Crippen LogP contribution in [0.25, 0.3) is 16.7 Å². The average Bonchev–Trinajstić information content (AvgIpc) is 3.43. The zero-order valence-corrected chi connectivity index (χ0v) is 16.8. The monoisotopic (exact) mass is 394 g/mol. The zero-order valence-electron chi connectivity index (χ0n) is 16.0. The molecule has 0 N–H and O–H groups in total. The van der Waals surface area contributed by atoms with Crippen molar-refractivity contribution in [3.63, 3.8) is 0 Å². The molecule has 0 radical (unpaired) electrons. The fourth-order valence-electron chi connectivity index (χ4n) is 3.79. The van der Waals surface area contributed by atoms with Crippen LogP contribution in [0.2, 0.25) is 0 Å². The first-order valence-corrected chi connectivity index (χ1v) is 10.4. The quantitative estimate of drug-likeness (QED) is 0.514. The van der Waals surface area contributed by atoms with E-state index in [2.05, 4.69) is 20.1 Å². The van der Waals surface area contributed by atoms with Gasteiger partial charge in [-0.15, -0.1) is 0 Å². The number of rotatable bonds is 5. The summed E-state index contributed by atoms with van der Waals surface area (Å²) in [5.74, 6) is 1.44. The maximum Gasteiger partial charge on any atom is 0.242 e. The van der Waals surface area contributed by atoms with Crippen molar-refractivity contribution in [1.82, 2.24) is 28.7 Å². The van der Waals surface area contributed by atoms with Gasteiger partial charge in [0.2, 0.25) is 5.88 Å². The summed E-state index contributed by atoms with van der Waals surface area (Å²) in [5, 5.41) is 4.30. The smallest absolute Gasteiger partial charge is 0.242 e. The molecule has 0 aliphatic heterocycles. The van der Waals surface area contributed by atoms with Crippen molar-refractivity contribution in [3.8, 4) is 11.6 Å². The van der Waals surface area contributed by atoms with Crippen LogP contribution in [-0.4, -0.2) is 34.8 Å². The van der Waals surface area contributed by atoms with Gasteiger partial charge >= 0.3 is 0 Å². The molecular weight excluding hydrogens is 372 g/mol. The average molecular weight is 395 g/mol. The Hall–Kier alpha value is -2.74. The third kappa shape index (κ3) is 3.28. The first-order chi connectivity index (χ1) is 13.7. The Morgan fingerprint density at radius 1 is 1.25 bits per heavy atom. The molecule has 5 rings (SSSR count). The van der Waals surface area contributed by atoms with E-state index in [4.69, 9.17) is 14.7 Å². The zero-order chi connectivity index (χ0) is 19.1. The number of hydrogen-bond donors (Lipinski definition) is 0. The molecule has 0 unspecified atom stereocenters. The summed E-state index contributed by atoms with van der Waals surface area (Å²) >= 11 is 1.51. The molecule has 8 heteroatoms. The van der Waals surface area contributed by atoms with Gasteiger partial charge in [0, 0.05) is 30.7 Å². The molecule has 7 nitrogen and oxygen atoms in total. The Labute approximate surface area is 167 Å². The number of fused-ring (bicyclic) bond motifs is 1. The van der Waals surface area contributed by atoms with Crippen molar-refractivity contribution in [2.45, 2.75) is 45.1 Å². The van der Waals surface area contributed by atoms with Crippen LogP contribution in [-0.2, 0) is 13.5 Å². The van der Waals surface area contributed by atoms with E-state index in [-0.39, 0.29) is 6.10 Å². The van der Waals surface area contributed by atoms with Gasteiger partial charge in [0.15, 0.2) is 0 Å². The van der Waals surface area contributed by atoms with Crippen molar-refractivity contribution in [1.29, 1.82) is 0 Å². The Bertz CT molecular complexity index is 1120. The van der Waals surface area contributed by atoms with Crippen LogP contribution in [0.3, 0.4) is 0 Å². The van der Waals surface area contributed by atoms with Gasteiger partial charge in [-0.25, -0.2) is 4.98 Å². The molecule has 1 aliphatic carbocycles. The minimum absolute atomic E-state index is 0.230. The number of aromatic nitrogens is 6. The second-order valence-electron chi connectivity index (χ2n) is 7.37. The van der Waals surface area contributed by atoms with Crippen molar-refractivity contribution in [2.24, 2.45) is 7.05 Å². The summed E-state index contributed by atoms with van der Waals surface area (Å²) in [6.07, 6.45) is 11.3. The number of ether oxygens (including phenoxy) is 1. The maximum absolute atomic E-state index is 6.39. The Morgan fingerprint density at radius 2 is 2.11 bits per heavy atom. The predicted octanol–water partition coefficient (Wildman–Crippen LogP) is 3.83. The summed E-state index contributed by atoms with van der Waals surface area (Å²) in [6.45, 7) is 2.01. The van der Waals surface area contributed by atoms with Gasteiger partial charge in [0.05, 0.1) is 23.1 Å². The lowest BCUT2D eigenvalue weighted by Crippen LogP contribution is -2.14. The van der Waals surface area contributed by atoms with E-state index in [0.29, 0.717) is 12.3 Å². The molecule has 0 bridgehead atoms. The molecule has 4 aromatic rings. The Kier molecular flexibility index (Phi) is 4.35. The molecule has 144 valence electrons. The molecule has 28 heavy (non-hydrogen) atoms. The molecule has 0 spiro atoms. The molecule has 1 aliphatic rings. The Morgan fingerprint density at radius 3 is 2.82 bits per heavy atom. The van der Waals surface area contributed by atoms with Crippen LogP contribution in [0.5, 0.6) is 5.88 Å². The van der Waals surface area contributed by atoms with Crippen LogP contribution in [0.1, 0.15) is 42.1 Å². The van der Waals surface area contributed by atoms with E-state index in [9.17, 15) is 0 Å². The number of aryl methyl sites for hydroxylation is 2. The topological polar surface area (TPSA) is 70.7 Å². The second kappa shape index (κ2) is 7.01. The van der Waals surface area contributed by atoms with E-state index in [1.807, 2.05) is 38.6 Å². The van der Waals surface area contributed by atoms with Gasteiger partial charge in [-0.05, 0) is 56.3 Å². The summed E-state index contributed by atoms with van der Waals surface area (Å²) in [5.41, 5.74) is 3.81. The molecule has 0 atom stereocenters. The fraction of sp³-hybridized carbons (Fsp3) is 0.400. The highest BCUT2D eigenvalue weighted by atomic mass is 32.1. The lowest BCUT2D eigenvalue weighted by atomic mass is 10.3. The summed E-state index contributed by atoms with van der Waals surface area (Å²) in [6, 6.07) is 4.11. The fourth-order valence-corrected chi connectivity index (χ4v) is 4.52. The van der Waals surface area contributed by atoms with Gasteiger partial charge in [0.1, 0.15) is 17.4 Å². The molecule has 0 aromatic carbocycles. The summed E-state index contributed by atoms with van der Waals surface area (Å²) < 4.78 is 14.6. The molecule has 1 saturated carbocycles. The number of nitrogens with zero attached hydrogens (tertiary/aromatic N) is 6. The molecule has 1 fully saturated rings. The summed E-state index contributed by atoms with van der Waals surface area (Å²) in [7, 11) is 1.91. The van der Waals surface area contributed by atoms with Gasteiger partial charge in [-0.3, -0.25) is 4.68 Å². The van der Waals surface area contributed by atoms with Crippen molar-refractivity contribution in [3.05, 3.63) is 47.1 Å². The third-order valence-corrected chi connectivity index (χ3v) is 5.98. The lowest BCUT2D eigenvalue weighted by molar-refractivity contribution is 0.203. The second-order valence-corrected chi connectivity index (χ2v) is 8.26. The molecule has 0 saturated heterocycles. The van der Waals surface area contributed by atoms with E-state index in [1.165, 1.54) is 24.4 Å². The van der Waals surface area contributed by atoms with Crippen LogP contribution in [0.15, 0.2) is 30.7 Å². The molecule has 4 heterocycles. The van der Waals surface area contributed by atoms with Crippen LogP contribution < -0.4 is 4.74 Å². The van der Waals surface area contributed by atoms with Crippen LogP contribution in [0.4, 0.5) is 0 Å². The Balaban J connectivity index is 1.59. The minimum atomic E-state index is 0.230. The minimum Gasteiger partial charge on any atom is -0.473 e. The summed E-state index contributed by atoms with van der Waals surface area (Å²) in [4.78, 5) is 10.8. The van der Waals surface area contributed by atoms with E-state index >= 15 is 0 Å². The highest BCUT2D eigenvalue weighted by molar-refractivity contribution is 7.05. The van der Waals surface area contributed by atoms with Gasteiger partial charge in [-0.2, -0.15) is 14.5 Å². The van der Waals surface area contributed by atoms with Crippen molar-refractivity contribution < 1.29 is 4.74 Å². The van der Waals surface area contributed by atoms with E-state index in [0.717, 1.165) is 46.0 Å². The van der Waals surface area contributed by atoms with Gasteiger partial charge < -0.3 is 9.30 Å². The highest BCUT2D eigenvalue weighted by Crippen LogP contribution is 2.31. The van der Waals surface area contributed by atoms with Crippen LogP contribution >= 0.6 is 11.5 Å². The van der Waals surface area contributed by atoms with Gasteiger partial charge in [-0.1, -0.05) is 0 Å². The van der Waals surface area contributed by atoms with E-state index in [1.54, 1.807) is 4.68 Å². The molecule has 0 amide bonds. The van der Waals surface area contributed by atoms with Crippen molar-refractivity contribution in [2.75, 3.05) is 0 Å².